The highest BCUT2D eigenvalue weighted by molar-refractivity contribution is 7.92. The van der Waals surface area contributed by atoms with Crippen molar-refractivity contribution in [2.75, 3.05) is 23.3 Å². The largest absolute Gasteiger partial charge is 0.490 e. The molecule has 0 atom stereocenters. The lowest BCUT2D eigenvalue weighted by atomic mass is 10.2. The molecule has 0 unspecified atom stereocenters. The molecule has 9 nitrogen and oxygen atoms in total. The zero-order chi connectivity index (χ0) is 23.7. The Hall–Kier alpha value is -3.92. The molecular formula is C23H24N4O5S. The summed E-state index contributed by atoms with van der Waals surface area (Å²) in [5.74, 6) is 0.854. The fourth-order valence-corrected chi connectivity index (χ4v) is 3.73. The summed E-state index contributed by atoms with van der Waals surface area (Å²) in [5.41, 5.74) is 1.22. The van der Waals surface area contributed by atoms with E-state index < -0.39 is 10.0 Å². The van der Waals surface area contributed by atoms with Gasteiger partial charge in [0.1, 0.15) is 0 Å². The van der Waals surface area contributed by atoms with Crippen LogP contribution >= 0.6 is 0 Å². The molecule has 0 aliphatic rings. The Bertz CT molecular complexity index is 1210. The maximum absolute atomic E-state index is 12.4. The fourth-order valence-electron chi connectivity index (χ4n) is 2.78. The lowest BCUT2D eigenvalue weighted by Crippen LogP contribution is -2.15. The van der Waals surface area contributed by atoms with Crippen molar-refractivity contribution in [1.82, 2.24) is 9.97 Å². The molecule has 3 rings (SSSR count). The first-order valence-electron chi connectivity index (χ1n) is 10.2. The minimum Gasteiger partial charge on any atom is -0.490 e. The van der Waals surface area contributed by atoms with Crippen LogP contribution in [0.2, 0.25) is 0 Å². The van der Waals surface area contributed by atoms with E-state index in [1.807, 2.05) is 19.9 Å². The molecule has 172 valence electrons. The molecule has 1 aromatic heterocycles. The van der Waals surface area contributed by atoms with Crippen molar-refractivity contribution in [3.8, 4) is 11.5 Å². The number of sulfonamides is 1. The van der Waals surface area contributed by atoms with Gasteiger partial charge in [-0.05, 0) is 68.0 Å². The number of carbonyl (C=O) groups is 1. The van der Waals surface area contributed by atoms with E-state index in [-0.39, 0.29) is 16.8 Å². The molecule has 2 aromatic carbocycles. The second kappa shape index (κ2) is 11.1. The SMILES string of the molecule is CCOc1ccc(C=CC(=O)Nc2ccc(S(=O)(=O)Nc3ncccn3)cc2)cc1OCC. The second-order valence-corrected chi connectivity index (χ2v) is 8.28. The first kappa shape index (κ1) is 23.7. The predicted octanol–water partition coefficient (Wildman–Crippen LogP) is 3.73. The van der Waals surface area contributed by atoms with Crippen LogP contribution in [0.5, 0.6) is 11.5 Å². The van der Waals surface area contributed by atoms with Gasteiger partial charge in [-0.2, -0.15) is 0 Å². The van der Waals surface area contributed by atoms with E-state index in [1.165, 1.54) is 42.7 Å². The molecule has 33 heavy (non-hydrogen) atoms. The van der Waals surface area contributed by atoms with Gasteiger partial charge >= 0.3 is 0 Å². The Balaban J connectivity index is 1.64. The number of hydrogen-bond acceptors (Lipinski definition) is 7. The summed E-state index contributed by atoms with van der Waals surface area (Å²) >= 11 is 0. The normalized spacial score (nSPS) is 11.2. The number of rotatable bonds is 10. The quantitative estimate of drug-likeness (QED) is 0.435. The third kappa shape index (κ3) is 6.78. The van der Waals surface area contributed by atoms with Crippen LogP contribution in [-0.2, 0) is 14.8 Å². The first-order chi connectivity index (χ1) is 15.9. The van der Waals surface area contributed by atoms with E-state index in [1.54, 1.807) is 24.3 Å². The van der Waals surface area contributed by atoms with Crippen LogP contribution in [0.4, 0.5) is 11.6 Å². The van der Waals surface area contributed by atoms with E-state index in [0.29, 0.717) is 30.4 Å². The van der Waals surface area contributed by atoms with Crippen LogP contribution in [0, 0.1) is 0 Å². The number of amides is 1. The van der Waals surface area contributed by atoms with E-state index in [0.717, 1.165) is 5.56 Å². The van der Waals surface area contributed by atoms with Crippen molar-refractivity contribution >= 4 is 33.6 Å². The molecule has 0 bridgehead atoms. The molecule has 0 radical (unpaired) electrons. The maximum Gasteiger partial charge on any atom is 0.264 e. The number of nitrogens with zero attached hydrogens (tertiary/aromatic N) is 2. The third-order valence-corrected chi connectivity index (χ3v) is 5.56. The lowest BCUT2D eigenvalue weighted by molar-refractivity contribution is -0.111. The Labute approximate surface area is 192 Å². The van der Waals surface area contributed by atoms with Gasteiger partial charge in [-0.3, -0.25) is 4.79 Å². The number of hydrogen-bond donors (Lipinski definition) is 2. The van der Waals surface area contributed by atoms with E-state index in [9.17, 15) is 13.2 Å². The van der Waals surface area contributed by atoms with Gasteiger partial charge in [-0.1, -0.05) is 6.07 Å². The van der Waals surface area contributed by atoms with E-state index >= 15 is 0 Å². The highest BCUT2D eigenvalue weighted by Gasteiger charge is 2.15. The van der Waals surface area contributed by atoms with Crippen LogP contribution < -0.4 is 19.5 Å². The molecule has 10 heteroatoms. The van der Waals surface area contributed by atoms with Gasteiger partial charge in [0.05, 0.1) is 18.1 Å². The highest BCUT2D eigenvalue weighted by Crippen LogP contribution is 2.29. The monoisotopic (exact) mass is 468 g/mol. The summed E-state index contributed by atoms with van der Waals surface area (Å²) < 4.78 is 38.3. The van der Waals surface area contributed by atoms with Crippen LogP contribution in [0.25, 0.3) is 6.08 Å². The standard InChI is InChI=1S/C23H24N4O5S/c1-3-31-20-12-6-17(16-21(20)32-4-2)7-13-22(28)26-18-8-10-19(11-9-18)33(29,30)27-23-24-14-5-15-25-23/h5-16H,3-4H2,1-2H3,(H,26,28)(H,24,25,27). The number of nitrogens with one attached hydrogen (secondary N) is 2. The smallest absolute Gasteiger partial charge is 0.264 e. The van der Waals surface area contributed by atoms with Gasteiger partial charge in [-0.25, -0.2) is 23.1 Å². The Morgan fingerprint density at radius 3 is 2.30 bits per heavy atom. The summed E-state index contributed by atoms with van der Waals surface area (Å²) in [5, 5.41) is 2.69. The van der Waals surface area contributed by atoms with E-state index in [4.69, 9.17) is 9.47 Å². The summed E-state index contributed by atoms with van der Waals surface area (Å²) in [6.07, 6.45) is 5.89. The van der Waals surface area contributed by atoms with Gasteiger partial charge in [-0.15, -0.1) is 0 Å². The van der Waals surface area contributed by atoms with Crippen molar-refractivity contribution in [3.05, 3.63) is 72.6 Å². The van der Waals surface area contributed by atoms with E-state index in [2.05, 4.69) is 20.0 Å². The third-order valence-electron chi connectivity index (χ3n) is 4.22. The number of benzene rings is 2. The zero-order valence-corrected chi connectivity index (χ0v) is 19.0. The Morgan fingerprint density at radius 2 is 1.64 bits per heavy atom. The summed E-state index contributed by atoms with van der Waals surface area (Å²) in [7, 11) is -3.85. The molecule has 0 saturated heterocycles. The van der Waals surface area contributed by atoms with Crippen LogP contribution in [0.1, 0.15) is 19.4 Å². The zero-order valence-electron chi connectivity index (χ0n) is 18.2. The number of ether oxygens (including phenoxy) is 2. The molecule has 1 amide bonds. The molecule has 0 saturated carbocycles. The number of anilines is 2. The van der Waals surface area contributed by atoms with Gasteiger partial charge in [0.25, 0.3) is 10.0 Å². The average molecular weight is 469 g/mol. The lowest BCUT2D eigenvalue weighted by Gasteiger charge is -2.11. The number of aromatic nitrogens is 2. The Kier molecular flexibility index (Phi) is 7.98. The van der Waals surface area contributed by atoms with Crippen LogP contribution in [0.15, 0.2) is 71.9 Å². The summed E-state index contributed by atoms with van der Waals surface area (Å²) in [6.45, 7) is 4.79. The van der Waals surface area contributed by atoms with Crippen LogP contribution in [0.3, 0.4) is 0 Å². The maximum atomic E-state index is 12.4. The first-order valence-corrected chi connectivity index (χ1v) is 11.7. The number of carbonyl (C=O) groups excluding carboxylic acids is 1. The van der Waals surface area contributed by atoms with Crippen molar-refractivity contribution < 1.29 is 22.7 Å². The van der Waals surface area contributed by atoms with Crippen molar-refractivity contribution in [2.24, 2.45) is 0 Å². The average Bonchev–Trinajstić information content (AvgIpc) is 2.80. The molecular weight excluding hydrogens is 444 g/mol. The minimum absolute atomic E-state index is 0.0151. The summed E-state index contributed by atoms with van der Waals surface area (Å²) in [6, 6.07) is 12.7. The van der Waals surface area contributed by atoms with Crippen molar-refractivity contribution in [3.63, 3.8) is 0 Å². The van der Waals surface area contributed by atoms with Crippen LogP contribution in [-0.4, -0.2) is 37.5 Å². The molecule has 1 heterocycles. The second-order valence-electron chi connectivity index (χ2n) is 6.60. The molecule has 0 spiro atoms. The molecule has 0 aliphatic carbocycles. The molecule has 0 fully saturated rings. The Morgan fingerprint density at radius 1 is 0.970 bits per heavy atom. The summed E-state index contributed by atoms with van der Waals surface area (Å²) in [4.78, 5) is 20.0. The van der Waals surface area contributed by atoms with Gasteiger partial charge in [0, 0.05) is 24.2 Å². The topological polar surface area (TPSA) is 120 Å². The highest BCUT2D eigenvalue weighted by atomic mass is 32.2. The van der Waals surface area contributed by atoms with Crippen molar-refractivity contribution in [2.45, 2.75) is 18.7 Å². The molecule has 0 aliphatic heterocycles. The minimum atomic E-state index is -3.85. The van der Waals surface area contributed by atoms with Gasteiger partial charge in [0.15, 0.2) is 11.5 Å². The molecule has 3 aromatic rings. The molecule has 2 N–H and O–H groups in total. The fraction of sp³-hybridized carbons (Fsp3) is 0.174. The van der Waals surface area contributed by atoms with Gasteiger partial charge in [0.2, 0.25) is 11.9 Å². The van der Waals surface area contributed by atoms with Gasteiger partial charge < -0.3 is 14.8 Å². The van der Waals surface area contributed by atoms with Crippen molar-refractivity contribution in [1.29, 1.82) is 0 Å². The predicted molar refractivity (Wildman–Crippen MR) is 126 cm³/mol.